The highest BCUT2D eigenvalue weighted by atomic mass is 16.5. The van der Waals surface area contributed by atoms with Crippen molar-refractivity contribution in [3.63, 3.8) is 0 Å². The Morgan fingerprint density at radius 1 is 0.538 bits per heavy atom. The molecule has 0 aliphatic heterocycles. The zero-order valence-electron chi connectivity index (χ0n) is 24.1. The van der Waals surface area contributed by atoms with Gasteiger partial charge in [-0.25, -0.2) is 0 Å². The number of benzene rings is 3. The molecule has 0 radical (unpaired) electrons. The van der Waals surface area contributed by atoms with Crippen LogP contribution in [0.1, 0.15) is 54.5 Å². The van der Waals surface area contributed by atoms with Gasteiger partial charge in [-0.1, -0.05) is 62.4 Å². The van der Waals surface area contributed by atoms with Crippen LogP contribution in [-0.4, -0.2) is 41.7 Å². The van der Waals surface area contributed by atoms with E-state index in [0.29, 0.717) is 47.7 Å². The SMILES string of the molecule is CCCOc1c(OC)cc(/C=C/c2ccc(/C=C/c3cc(OC)c(OCCC)c(OC)c3C)cc2)cc1OC. The van der Waals surface area contributed by atoms with Crippen LogP contribution < -0.4 is 28.4 Å². The smallest absolute Gasteiger partial charge is 0.203 e. The molecule has 3 rings (SSSR count). The summed E-state index contributed by atoms with van der Waals surface area (Å²) >= 11 is 0. The Balaban J connectivity index is 1.79. The van der Waals surface area contributed by atoms with Crippen molar-refractivity contribution in [1.82, 2.24) is 0 Å². The molecule has 0 aliphatic carbocycles. The minimum absolute atomic E-state index is 0.599. The van der Waals surface area contributed by atoms with E-state index in [0.717, 1.165) is 40.7 Å². The van der Waals surface area contributed by atoms with Gasteiger partial charge in [0.05, 0.1) is 41.7 Å². The van der Waals surface area contributed by atoms with Crippen molar-refractivity contribution in [2.24, 2.45) is 0 Å². The molecule has 0 fully saturated rings. The van der Waals surface area contributed by atoms with Crippen LogP contribution in [0.4, 0.5) is 0 Å². The van der Waals surface area contributed by atoms with Gasteiger partial charge in [0.15, 0.2) is 23.0 Å². The first-order valence-corrected chi connectivity index (χ1v) is 13.2. The fourth-order valence-electron chi connectivity index (χ4n) is 4.08. The maximum Gasteiger partial charge on any atom is 0.203 e. The van der Waals surface area contributed by atoms with Gasteiger partial charge in [0.1, 0.15) is 0 Å². The zero-order chi connectivity index (χ0) is 28.2. The van der Waals surface area contributed by atoms with Crippen LogP contribution in [0.15, 0.2) is 42.5 Å². The highest BCUT2D eigenvalue weighted by Gasteiger charge is 2.17. The first-order chi connectivity index (χ1) is 19.0. The standard InChI is InChI=1S/C33H40O6/c1-8-18-38-32-28(34-4)20-26(21-29(32)35-5)15-14-24-10-12-25(13-11-24)16-17-27-22-30(36-6)33(39-19-9-2)31(37-7)23(27)3/h10-17,20-22H,8-9,18-19H2,1-7H3/b15-14+,17-16+. The molecule has 0 saturated carbocycles. The molecule has 0 bridgehead atoms. The van der Waals surface area contributed by atoms with Crippen molar-refractivity contribution in [3.05, 3.63) is 70.3 Å². The van der Waals surface area contributed by atoms with Gasteiger partial charge in [0, 0.05) is 5.56 Å². The molecular weight excluding hydrogens is 492 g/mol. The van der Waals surface area contributed by atoms with E-state index in [1.165, 1.54) is 0 Å². The molecule has 0 unspecified atom stereocenters. The highest BCUT2D eigenvalue weighted by molar-refractivity contribution is 5.77. The van der Waals surface area contributed by atoms with Crippen LogP contribution in [0.2, 0.25) is 0 Å². The summed E-state index contributed by atoms with van der Waals surface area (Å²) in [5.41, 5.74) is 5.12. The summed E-state index contributed by atoms with van der Waals surface area (Å²) in [4.78, 5) is 0. The fraction of sp³-hybridized carbons (Fsp3) is 0.333. The third-order valence-electron chi connectivity index (χ3n) is 6.16. The number of hydrogen-bond donors (Lipinski definition) is 0. The molecule has 39 heavy (non-hydrogen) atoms. The summed E-state index contributed by atoms with van der Waals surface area (Å²) in [7, 11) is 6.57. The molecule has 6 nitrogen and oxygen atoms in total. The van der Waals surface area contributed by atoms with Crippen molar-refractivity contribution < 1.29 is 28.4 Å². The van der Waals surface area contributed by atoms with E-state index in [1.807, 2.05) is 31.2 Å². The molecule has 3 aromatic carbocycles. The fourth-order valence-corrected chi connectivity index (χ4v) is 4.08. The van der Waals surface area contributed by atoms with Gasteiger partial charge >= 0.3 is 0 Å². The monoisotopic (exact) mass is 532 g/mol. The van der Waals surface area contributed by atoms with Gasteiger partial charge in [-0.05, 0) is 60.2 Å². The lowest BCUT2D eigenvalue weighted by atomic mass is 10.0. The van der Waals surface area contributed by atoms with Crippen LogP contribution in [0.25, 0.3) is 24.3 Å². The molecule has 0 saturated heterocycles. The predicted molar refractivity (Wildman–Crippen MR) is 160 cm³/mol. The summed E-state index contributed by atoms with van der Waals surface area (Å²) in [5, 5.41) is 0. The largest absolute Gasteiger partial charge is 0.493 e. The first-order valence-electron chi connectivity index (χ1n) is 13.2. The highest BCUT2D eigenvalue weighted by Crippen LogP contribution is 2.42. The number of ether oxygens (including phenoxy) is 6. The number of methoxy groups -OCH3 is 4. The van der Waals surface area contributed by atoms with E-state index in [-0.39, 0.29) is 0 Å². The van der Waals surface area contributed by atoms with Crippen molar-refractivity contribution in [1.29, 1.82) is 0 Å². The summed E-state index contributed by atoms with van der Waals surface area (Å²) < 4.78 is 34.1. The van der Waals surface area contributed by atoms with Gasteiger partial charge in [-0.15, -0.1) is 0 Å². The Morgan fingerprint density at radius 2 is 1.00 bits per heavy atom. The van der Waals surface area contributed by atoms with E-state index >= 15 is 0 Å². The summed E-state index contributed by atoms with van der Waals surface area (Å²) in [6, 6.07) is 14.2. The lowest BCUT2D eigenvalue weighted by molar-refractivity contribution is 0.274. The molecule has 0 aliphatic rings. The molecule has 0 spiro atoms. The van der Waals surface area contributed by atoms with Crippen LogP contribution in [0.3, 0.4) is 0 Å². The topological polar surface area (TPSA) is 55.4 Å². The van der Waals surface area contributed by atoms with E-state index in [4.69, 9.17) is 28.4 Å². The van der Waals surface area contributed by atoms with Crippen molar-refractivity contribution in [3.8, 4) is 34.5 Å². The van der Waals surface area contributed by atoms with Gasteiger partial charge in [-0.3, -0.25) is 0 Å². The predicted octanol–water partition coefficient (Wildman–Crippen LogP) is 7.95. The van der Waals surface area contributed by atoms with E-state index in [2.05, 4.69) is 56.3 Å². The van der Waals surface area contributed by atoms with Crippen molar-refractivity contribution >= 4 is 24.3 Å². The number of hydrogen-bond acceptors (Lipinski definition) is 6. The van der Waals surface area contributed by atoms with E-state index < -0.39 is 0 Å². The summed E-state index contributed by atoms with van der Waals surface area (Å²) in [5.74, 6) is 3.92. The molecule has 6 heteroatoms. The average Bonchev–Trinajstić information content (AvgIpc) is 2.97. The van der Waals surface area contributed by atoms with Crippen molar-refractivity contribution in [2.75, 3.05) is 41.7 Å². The first kappa shape index (κ1) is 29.5. The van der Waals surface area contributed by atoms with Gasteiger partial charge in [0.25, 0.3) is 0 Å². The molecule has 0 amide bonds. The lowest BCUT2D eigenvalue weighted by Crippen LogP contribution is -2.02. The van der Waals surface area contributed by atoms with Crippen LogP contribution in [0.5, 0.6) is 34.5 Å². The number of rotatable bonds is 14. The molecule has 0 atom stereocenters. The molecule has 3 aromatic rings. The normalized spacial score (nSPS) is 11.2. The van der Waals surface area contributed by atoms with Crippen molar-refractivity contribution in [2.45, 2.75) is 33.6 Å². The average molecular weight is 533 g/mol. The molecule has 0 aromatic heterocycles. The minimum Gasteiger partial charge on any atom is -0.493 e. The summed E-state index contributed by atoms with van der Waals surface area (Å²) in [6.45, 7) is 7.36. The third kappa shape index (κ3) is 7.50. The maximum atomic E-state index is 5.91. The second-order valence-corrected chi connectivity index (χ2v) is 8.94. The molecule has 0 N–H and O–H groups in total. The molecule has 208 valence electrons. The molecular formula is C33H40O6. The van der Waals surface area contributed by atoms with Crippen LogP contribution in [0, 0.1) is 6.92 Å². The maximum absolute atomic E-state index is 5.91. The Bertz CT molecular complexity index is 1250. The minimum atomic E-state index is 0.599. The Kier molecular flexibility index (Phi) is 11.2. The summed E-state index contributed by atoms with van der Waals surface area (Å²) in [6.07, 6.45) is 10.0. The second-order valence-electron chi connectivity index (χ2n) is 8.94. The third-order valence-corrected chi connectivity index (χ3v) is 6.16. The van der Waals surface area contributed by atoms with Crippen LogP contribution >= 0.6 is 0 Å². The Morgan fingerprint density at radius 3 is 1.49 bits per heavy atom. The molecule has 0 heterocycles. The van der Waals surface area contributed by atoms with Gasteiger partial charge in [0.2, 0.25) is 11.5 Å². The van der Waals surface area contributed by atoms with Gasteiger partial charge < -0.3 is 28.4 Å². The Labute approximate surface area is 232 Å². The second kappa shape index (κ2) is 14.8. The van der Waals surface area contributed by atoms with E-state index in [9.17, 15) is 0 Å². The van der Waals surface area contributed by atoms with Gasteiger partial charge in [-0.2, -0.15) is 0 Å². The van der Waals surface area contributed by atoms with E-state index in [1.54, 1.807) is 28.4 Å². The Hall–Kier alpha value is -4.06. The zero-order valence-corrected chi connectivity index (χ0v) is 24.1. The quantitative estimate of drug-likeness (QED) is 0.196. The van der Waals surface area contributed by atoms with Crippen LogP contribution in [-0.2, 0) is 0 Å². The lowest BCUT2D eigenvalue weighted by Gasteiger charge is -2.17.